The molecule has 1 saturated heterocycles. The first-order valence-electron chi connectivity index (χ1n) is 8.04. The van der Waals surface area contributed by atoms with E-state index in [9.17, 15) is 0 Å². The number of hydrogen-bond donors (Lipinski definition) is 1. The van der Waals surface area contributed by atoms with Gasteiger partial charge in [-0.2, -0.15) is 0 Å². The van der Waals surface area contributed by atoms with E-state index in [1.807, 2.05) is 0 Å². The highest BCUT2D eigenvalue weighted by Gasteiger charge is 2.15. The van der Waals surface area contributed by atoms with Gasteiger partial charge in [-0.3, -0.25) is 4.90 Å². The van der Waals surface area contributed by atoms with Crippen LogP contribution in [0.15, 0.2) is 24.3 Å². The lowest BCUT2D eigenvalue weighted by atomic mass is 10.2. The topological polar surface area (TPSA) is 33.7 Å². The second kappa shape index (κ2) is 9.03. The molecule has 1 fully saturated rings. The zero-order valence-electron chi connectivity index (χ0n) is 13.3. The molecule has 21 heavy (non-hydrogen) atoms. The molecule has 1 aliphatic rings. The minimum Gasteiger partial charge on any atom is -0.492 e. The molecule has 4 nitrogen and oxygen atoms in total. The first-order chi connectivity index (χ1) is 10.3. The lowest BCUT2D eigenvalue weighted by molar-refractivity contribution is -0.0214. The second-order valence-electron chi connectivity index (χ2n) is 5.65. The van der Waals surface area contributed by atoms with E-state index >= 15 is 0 Å². The number of rotatable bonds is 8. The molecule has 1 aliphatic heterocycles. The SMILES string of the molecule is CCCNCc1ccc(OCCN2CCOC(C)C2)cc1. The average Bonchev–Trinajstić information content (AvgIpc) is 2.49. The lowest BCUT2D eigenvalue weighted by Gasteiger charge is -2.30. The number of benzene rings is 1. The van der Waals surface area contributed by atoms with Crippen LogP contribution >= 0.6 is 0 Å². The zero-order valence-corrected chi connectivity index (χ0v) is 13.3. The van der Waals surface area contributed by atoms with Crippen LogP contribution in [-0.4, -0.2) is 50.4 Å². The fraction of sp³-hybridized carbons (Fsp3) is 0.647. The first kappa shape index (κ1) is 16.3. The largest absolute Gasteiger partial charge is 0.492 e. The normalized spacial score (nSPS) is 19.6. The predicted octanol–water partition coefficient (Wildman–Crippen LogP) is 2.29. The molecule has 1 atom stereocenters. The summed E-state index contributed by atoms with van der Waals surface area (Å²) >= 11 is 0. The summed E-state index contributed by atoms with van der Waals surface area (Å²) < 4.78 is 11.4. The Balaban J connectivity index is 1.66. The molecule has 0 aromatic heterocycles. The standard InChI is InChI=1S/C17H28N2O2/c1-3-8-18-13-16-4-6-17(7-5-16)21-12-10-19-9-11-20-15(2)14-19/h4-7,15,18H,3,8-14H2,1-2H3. The van der Waals surface area contributed by atoms with Crippen molar-refractivity contribution in [2.45, 2.75) is 32.9 Å². The minimum atomic E-state index is 0.341. The van der Waals surface area contributed by atoms with Gasteiger partial charge in [0, 0.05) is 26.2 Å². The highest BCUT2D eigenvalue weighted by atomic mass is 16.5. The summed E-state index contributed by atoms with van der Waals surface area (Å²) in [5, 5.41) is 3.40. The maximum absolute atomic E-state index is 5.82. The van der Waals surface area contributed by atoms with Crippen molar-refractivity contribution in [1.82, 2.24) is 10.2 Å². The van der Waals surface area contributed by atoms with Crippen LogP contribution in [-0.2, 0) is 11.3 Å². The summed E-state index contributed by atoms with van der Waals surface area (Å²) in [6.07, 6.45) is 1.51. The van der Waals surface area contributed by atoms with E-state index in [0.717, 1.165) is 51.7 Å². The van der Waals surface area contributed by atoms with Gasteiger partial charge in [-0.15, -0.1) is 0 Å². The third kappa shape index (κ3) is 6.04. The van der Waals surface area contributed by atoms with E-state index < -0.39 is 0 Å². The van der Waals surface area contributed by atoms with E-state index in [4.69, 9.17) is 9.47 Å². The number of ether oxygens (including phenoxy) is 2. The van der Waals surface area contributed by atoms with Crippen molar-refractivity contribution in [2.75, 3.05) is 39.4 Å². The summed E-state index contributed by atoms with van der Waals surface area (Å²) in [6, 6.07) is 8.39. The van der Waals surface area contributed by atoms with Crippen molar-refractivity contribution in [2.24, 2.45) is 0 Å². The highest BCUT2D eigenvalue weighted by molar-refractivity contribution is 5.27. The average molecular weight is 292 g/mol. The van der Waals surface area contributed by atoms with Gasteiger partial charge < -0.3 is 14.8 Å². The molecule has 1 N–H and O–H groups in total. The fourth-order valence-electron chi connectivity index (χ4n) is 2.50. The molecule has 1 heterocycles. The van der Waals surface area contributed by atoms with Crippen molar-refractivity contribution < 1.29 is 9.47 Å². The van der Waals surface area contributed by atoms with Gasteiger partial charge in [-0.25, -0.2) is 0 Å². The Kier molecular flexibility index (Phi) is 7.00. The Morgan fingerprint density at radius 2 is 2.14 bits per heavy atom. The van der Waals surface area contributed by atoms with Crippen molar-refractivity contribution in [3.05, 3.63) is 29.8 Å². The number of nitrogens with one attached hydrogen (secondary N) is 1. The highest BCUT2D eigenvalue weighted by Crippen LogP contribution is 2.12. The smallest absolute Gasteiger partial charge is 0.119 e. The van der Waals surface area contributed by atoms with E-state index in [0.29, 0.717) is 6.10 Å². The van der Waals surface area contributed by atoms with Crippen LogP contribution in [0.25, 0.3) is 0 Å². The summed E-state index contributed by atoms with van der Waals surface area (Å²) in [5.74, 6) is 0.954. The summed E-state index contributed by atoms with van der Waals surface area (Å²) in [7, 11) is 0. The summed E-state index contributed by atoms with van der Waals surface area (Å²) in [4.78, 5) is 2.40. The van der Waals surface area contributed by atoms with Crippen LogP contribution in [0.2, 0.25) is 0 Å². The van der Waals surface area contributed by atoms with Gasteiger partial charge in [0.15, 0.2) is 0 Å². The van der Waals surface area contributed by atoms with Crippen molar-refractivity contribution >= 4 is 0 Å². The van der Waals surface area contributed by atoms with E-state index in [-0.39, 0.29) is 0 Å². The summed E-state index contributed by atoms with van der Waals surface area (Å²) in [6.45, 7) is 10.9. The van der Waals surface area contributed by atoms with E-state index in [1.165, 1.54) is 12.0 Å². The molecule has 0 radical (unpaired) electrons. The molecule has 1 aromatic rings. The molecule has 0 aliphatic carbocycles. The molecule has 4 heteroatoms. The predicted molar refractivity (Wildman–Crippen MR) is 85.8 cm³/mol. The third-order valence-electron chi connectivity index (χ3n) is 3.68. The molecular formula is C17H28N2O2. The Morgan fingerprint density at radius 1 is 1.33 bits per heavy atom. The molecule has 0 bridgehead atoms. The number of morpholine rings is 1. The van der Waals surface area contributed by atoms with Crippen LogP contribution in [0.4, 0.5) is 0 Å². The number of nitrogens with zero attached hydrogens (tertiary/aromatic N) is 1. The molecular weight excluding hydrogens is 264 g/mol. The van der Waals surface area contributed by atoms with Gasteiger partial charge in [0.2, 0.25) is 0 Å². The quantitative estimate of drug-likeness (QED) is 0.745. The third-order valence-corrected chi connectivity index (χ3v) is 3.68. The van der Waals surface area contributed by atoms with Crippen molar-refractivity contribution in [3.8, 4) is 5.75 Å². The molecule has 1 unspecified atom stereocenters. The van der Waals surface area contributed by atoms with Crippen LogP contribution < -0.4 is 10.1 Å². The van der Waals surface area contributed by atoms with Gasteiger partial charge in [-0.05, 0) is 37.6 Å². The minimum absolute atomic E-state index is 0.341. The van der Waals surface area contributed by atoms with Crippen LogP contribution in [0.5, 0.6) is 5.75 Å². The van der Waals surface area contributed by atoms with Crippen molar-refractivity contribution in [3.63, 3.8) is 0 Å². The molecule has 118 valence electrons. The Morgan fingerprint density at radius 3 is 2.86 bits per heavy atom. The van der Waals surface area contributed by atoms with Crippen LogP contribution in [0, 0.1) is 0 Å². The second-order valence-corrected chi connectivity index (χ2v) is 5.65. The molecule has 0 spiro atoms. The van der Waals surface area contributed by atoms with Gasteiger partial charge in [0.05, 0.1) is 12.7 Å². The maximum Gasteiger partial charge on any atom is 0.119 e. The van der Waals surface area contributed by atoms with Gasteiger partial charge in [0.25, 0.3) is 0 Å². The lowest BCUT2D eigenvalue weighted by Crippen LogP contribution is -2.42. The van der Waals surface area contributed by atoms with E-state index in [2.05, 4.69) is 48.3 Å². The van der Waals surface area contributed by atoms with Gasteiger partial charge >= 0.3 is 0 Å². The molecule has 0 amide bonds. The Hall–Kier alpha value is -1.10. The first-order valence-corrected chi connectivity index (χ1v) is 8.04. The fourth-order valence-corrected chi connectivity index (χ4v) is 2.50. The monoisotopic (exact) mass is 292 g/mol. The van der Waals surface area contributed by atoms with Crippen LogP contribution in [0.3, 0.4) is 0 Å². The zero-order chi connectivity index (χ0) is 14.9. The Bertz CT molecular complexity index is 394. The van der Waals surface area contributed by atoms with Crippen molar-refractivity contribution in [1.29, 1.82) is 0 Å². The van der Waals surface area contributed by atoms with Gasteiger partial charge in [-0.1, -0.05) is 19.1 Å². The van der Waals surface area contributed by atoms with Crippen LogP contribution in [0.1, 0.15) is 25.8 Å². The molecule has 1 aromatic carbocycles. The number of hydrogen-bond acceptors (Lipinski definition) is 4. The van der Waals surface area contributed by atoms with E-state index in [1.54, 1.807) is 0 Å². The molecule has 2 rings (SSSR count). The van der Waals surface area contributed by atoms with Gasteiger partial charge in [0.1, 0.15) is 12.4 Å². The Labute approximate surface area is 128 Å². The summed E-state index contributed by atoms with van der Waals surface area (Å²) in [5.41, 5.74) is 1.30. The molecule has 0 saturated carbocycles. The maximum atomic E-state index is 5.82.